The van der Waals surface area contributed by atoms with E-state index in [1.54, 1.807) is 0 Å². The standard InChI is InChI=1S/C5H15O3P/c1-5(2,3)4-9(6,7)8/h6-9H,4H2,1-3H3. The topological polar surface area (TPSA) is 60.7 Å². The van der Waals surface area contributed by atoms with Crippen molar-refractivity contribution in [3.8, 4) is 0 Å². The third kappa shape index (κ3) is 8.31. The first-order valence-electron chi connectivity index (χ1n) is 2.88. The van der Waals surface area contributed by atoms with Crippen molar-refractivity contribution in [1.82, 2.24) is 0 Å². The first-order chi connectivity index (χ1) is 3.71. The fraction of sp³-hybridized carbons (Fsp3) is 1.00. The molecule has 0 heterocycles. The van der Waals surface area contributed by atoms with Gasteiger partial charge in [-0.3, -0.25) is 0 Å². The van der Waals surface area contributed by atoms with Crippen molar-refractivity contribution in [2.75, 3.05) is 6.16 Å². The van der Waals surface area contributed by atoms with Crippen LogP contribution in [-0.4, -0.2) is 20.8 Å². The van der Waals surface area contributed by atoms with E-state index in [0.717, 1.165) is 0 Å². The van der Waals surface area contributed by atoms with Gasteiger partial charge in [0, 0.05) is 0 Å². The molecule has 3 nitrogen and oxygen atoms in total. The van der Waals surface area contributed by atoms with Crippen LogP contribution < -0.4 is 0 Å². The molecule has 4 heteroatoms. The second kappa shape index (κ2) is 2.51. The van der Waals surface area contributed by atoms with Crippen molar-refractivity contribution in [2.45, 2.75) is 20.8 Å². The van der Waals surface area contributed by atoms with Crippen molar-refractivity contribution in [2.24, 2.45) is 5.41 Å². The maximum atomic E-state index is 8.60. The first-order valence-corrected chi connectivity index (χ1v) is 4.93. The second-order valence-corrected chi connectivity index (χ2v) is 5.41. The quantitative estimate of drug-likeness (QED) is 0.482. The van der Waals surface area contributed by atoms with Crippen molar-refractivity contribution < 1.29 is 14.7 Å². The monoisotopic (exact) mass is 154 g/mol. The van der Waals surface area contributed by atoms with E-state index in [4.69, 9.17) is 14.7 Å². The van der Waals surface area contributed by atoms with Crippen LogP contribution in [-0.2, 0) is 0 Å². The van der Waals surface area contributed by atoms with Crippen LogP contribution in [0.3, 0.4) is 0 Å². The summed E-state index contributed by atoms with van der Waals surface area (Å²) in [5.41, 5.74) is -0.204. The molecule has 0 radical (unpaired) electrons. The summed E-state index contributed by atoms with van der Waals surface area (Å²) in [6.07, 6.45) is 0.0972. The average molecular weight is 154 g/mol. The van der Waals surface area contributed by atoms with Gasteiger partial charge in [0.05, 0.1) is 0 Å². The molecular weight excluding hydrogens is 139 g/mol. The molecule has 9 heavy (non-hydrogen) atoms. The molecule has 0 aliphatic carbocycles. The molecule has 0 saturated heterocycles. The van der Waals surface area contributed by atoms with Crippen molar-refractivity contribution in [1.29, 1.82) is 0 Å². The van der Waals surface area contributed by atoms with Crippen molar-refractivity contribution in [3.63, 3.8) is 0 Å². The van der Waals surface area contributed by atoms with Crippen LogP contribution in [0, 0.1) is 5.41 Å². The molecule has 58 valence electrons. The van der Waals surface area contributed by atoms with E-state index in [9.17, 15) is 0 Å². The van der Waals surface area contributed by atoms with Gasteiger partial charge in [0.1, 0.15) is 0 Å². The molecule has 0 unspecified atom stereocenters. The molecule has 0 aliphatic heterocycles. The van der Waals surface area contributed by atoms with Gasteiger partial charge in [-0.25, -0.2) is 0 Å². The summed E-state index contributed by atoms with van der Waals surface area (Å²) in [5.74, 6) is 0. The van der Waals surface area contributed by atoms with Crippen LogP contribution in [0.4, 0.5) is 0 Å². The van der Waals surface area contributed by atoms with Gasteiger partial charge in [-0.2, -0.15) is 0 Å². The van der Waals surface area contributed by atoms with Gasteiger partial charge in [-0.15, -0.1) is 0 Å². The van der Waals surface area contributed by atoms with Crippen LogP contribution in [0.25, 0.3) is 0 Å². The molecular formula is C5H15O3P. The third-order valence-electron chi connectivity index (χ3n) is 0.768. The van der Waals surface area contributed by atoms with E-state index in [0.29, 0.717) is 0 Å². The molecule has 0 fully saturated rings. The Kier molecular flexibility index (Phi) is 2.59. The minimum atomic E-state index is -3.79. The Morgan fingerprint density at radius 3 is 1.44 bits per heavy atom. The van der Waals surface area contributed by atoms with Gasteiger partial charge < -0.3 is 0 Å². The zero-order valence-electron chi connectivity index (χ0n) is 6.05. The minimum absolute atomic E-state index is 0.0972. The Balaban J connectivity index is 3.75. The van der Waals surface area contributed by atoms with Gasteiger partial charge >= 0.3 is 55.0 Å². The Morgan fingerprint density at radius 1 is 1.11 bits per heavy atom. The van der Waals surface area contributed by atoms with Gasteiger partial charge in [0.25, 0.3) is 0 Å². The van der Waals surface area contributed by atoms with Gasteiger partial charge in [-0.05, 0) is 0 Å². The fourth-order valence-electron chi connectivity index (χ4n) is 0.712. The third-order valence-corrected chi connectivity index (χ3v) is 2.30. The van der Waals surface area contributed by atoms with E-state index in [2.05, 4.69) is 0 Å². The predicted molar refractivity (Wildman–Crippen MR) is 39.3 cm³/mol. The van der Waals surface area contributed by atoms with Gasteiger partial charge in [-0.1, -0.05) is 0 Å². The SMILES string of the molecule is CC(C)(C)C[PH](O)(O)O. The zero-order chi connectivity index (χ0) is 7.71. The maximum absolute atomic E-state index is 8.60. The van der Waals surface area contributed by atoms with Crippen molar-refractivity contribution in [3.05, 3.63) is 0 Å². The summed E-state index contributed by atoms with van der Waals surface area (Å²) in [6, 6.07) is 0. The number of rotatable bonds is 1. The molecule has 0 aromatic rings. The molecule has 0 saturated carbocycles. The fourth-order valence-corrected chi connectivity index (χ4v) is 2.13. The predicted octanol–water partition coefficient (Wildman–Crippen LogP) is 0.504. The normalized spacial score (nSPS) is 15.8. The Hall–Kier alpha value is 0.310. The molecule has 0 rings (SSSR count). The molecule has 0 bridgehead atoms. The Bertz CT molecular complexity index is 77.4. The summed E-state index contributed by atoms with van der Waals surface area (Å²) in [5, 5.41) is 0. The molecule has 3 N–H and O–H groups in total. The molecule has 0 aliphatic rings. The molecule has 0 spiro atoms. The zero-order valence-corrected chi connectivity index (χ0v) is 7.05. The van der Waals surface area contributed by atoms with Crippen LogP contribution in [0.15, 0.2) is 0 Å². The van der Waals surface area contributed by atoms with Crippen LogP contribution in [0.2, 0.25) is 0 Å². The molecule has 0 amide bonds. The number of hydrogen-bond acceptors (Lipinski definition) is 3. The summed E-state index contributed by atoms with van der Waals surface area (Å²) in [7, 11) is -3.79. The summed E-state index contributed by atoms with van der Waals surface area (Å²) in [4.78, 5) is 25.8. The van der Waals surface area contributed by atoms with E-state index in [1.165, 1.54) is 0 Å². The van der Waals surface area contributed by atoms with Crippen molar-refractivity contribution >= 4 is 7.94 Å². The van der Waals surface area contributed by atoms with Crippen LogP contribution in [0.5, 0.6) is 0 Å². The summed E-state index contributed by atoms with van der Waals surface area (Å²) >= 11 is 0. The average Bonchev–Trinajstić information content (AvgIpc) is 1.14. The van der Waals surface area contributed by atoms with E-state index in [1.807, 2.05) is 20.8 Å². The second-order valence-electron chi connectivity index (χ2n) is 3.51. The molecule has 0 atom stereocenters. The first kappa shape index (κ1) is 9.31. The van der Waals surface area contributed by atoms with Gasteiger partial charge in [0.2, 0.25) is 0 Å². The molecule has 0 aromatic carbocycles. The summed E-state index contributed by atoms with van der Waals surface area (Å²) in [6.45, 7) is 5.53. The van der Waals surface area contributed by atoms with E-state index < -0.39 is 7.94 Å². The number of hydrogen-bond donors (Lipinski definition) is 3. The Labute approximate surface area is 55.9 Å². The molecule has 0 aromatic heterocycles. The van der Waals surface area contributed by atoms with Crippen LogP contribution >= 0.6 is 7.94 Å². The Morgan fingerprint density at radius 2 is 1.44 bits per heavy atom. The van der Waals surface area contributed by atoms with E-state index in [-0.39, 0.29) is 11.6 Å². The van der Waals surface area contributed by atoms with Gasteiger partial charge in [0.15, 0.2) is 0 Å². The van der Waals surface area contributed by atoms with Crippen LogP contribution in [0.1, 0.15) is 20.8 Å². The van der Waals surface area contributed by atoms with E-state index >= 15 is 0 Å². The summed E-state index contributed by atoms with van der Waals surface area (Å²) < 4.78 is 0.